The number of aliphatic hydroxyl groups excluding tert-OH is 2. The second-order valence-electron chi connectivity index (χ2n) is 12.6. The number of phosphoric acid groups is 1. The number of carbonyl (C=O) groups is 1. The Balaban J connectivity index is 4.46. The highest BCUT2D eigenvalue weighted by Crippen LogP contribution is 2.43. The molecule has 46 heavy (non-hydrogen) atoms. The molecule has 0 fully saturated rings. The van der Waals surface area contributed by atoms with Gasteiger partial charge in [-0.25, -0.2) is 4.57 Å². The van der Waals surface area contributed by atoms with Crippen molar-refractivity contribution in [2.24, 2.45) is 5.73 Å². The lowest BCUT2D eigenvalue weighted by Crippen LogP contribution is -2.46. The van der Waals surface area contributed by atoms with E-state index < -0.39 is 38.6 Å². The molecule has 1 amide bonds. The number of hydrogen-bond donors (Lipinski definition) is 5. The topological polar surface area (TPSA) is 151 Å². The van der Waals surface area contributed by atoms with Gasteiger partial charge in [-0.1, -0.05) is 147 Å². The number of nitrogens with one attached hydrogen (secondary N) is 1. The van der Waals surface area contributed by atoms with E-state index in [1.54, 1.807) is 6.08 Å². The fourth-order valence-electron chi connectivity index (χ4n) is 5.25. The zero-order chi connectivity index (χ0) is 34.1. The van der Waals surface area contributed by atoms with E-state index in [-0.39, 0.29) is 19.6 Å². The van der Waals surface area contributed by atoms with Gasteiger partial charge in [-0.2, -0.15) is 0 Å². The highest BCUT2D eigenvalue weighted by molar-refractivity contribution is 7.47. The van der Waals surface area contributed by atoms with E-state index in [1.165, 1.54) is 96.3 Å². The lowest BCUT2D eigenvalue weighted by atomic mass is 10.0. The molecule has 0 spiro atoms. The lowest BCUT2D eigenvalue weighted by Gasteiger charge is -2.24. The van der Waals surface area contributed by atoms with Crippen molar-refractivity contribution in [3.8, 4) is 0 Å². The molecule has 272 valence electrons. The van der Waals surface area contributed by atoms with Gasteiger partial charge in [-0.15, -0.1) is 0 Å². The van der Waals surface area contributed by atoms with Crippen LogP contribution >= 0.6 is 7.82 Å². The Hall–Kier alpha value is -1.06. The average Bonchev–Trinajstić information content (AvgIpc) is 3.03. The van der Waals surface area contributed by atoms with Crippen LogP contribution in [0.5, 0.6) is 0 Å². The third-order valence-electron chi connectivity index (χ3n) is 8.08. The molecule has 6 N–H and O–H groups in total. The smallest absolute Gasteiger partial charge is 0.393 e. The van der Waals surface area contributed by atoms with Crippen LogP contribution in [0.3, 0.4) is 0 Å². The van der Waals surface area contributed by atoms with E-state index in [1.807, 2.05) is 6.08 Å². The van der Waals surface area contributed by atoms with Crippen LogP contribution in [0.25, 0.3) is 0 Å². The first-order valence-corrected chi connectivity index (χ1v) is 20.0. The number of phosphoric ester groups is 1. The van der Waals surface area contributed by atoms with Gasteiger partial charge < -0.3 is 26.2 Å². The van der Waals surface area contributed by atoms with Crippen molar-refractivity contribution in [2.45, 2.75) is 180 Å². The van der Waals surface area contributed by atoms with Gasteiger partial charge in [-0.3, -0.25) is 13.8 Å². The SMILES string of the molecule is CCCCCCCCCCCCC/C=C/CC/C=C/C(O)C(COP(=O)(O)OCCN)NC(=O)CC(O)CCCCCCCCC. The second-order valence-corrected chi connectivity index (χ2v) is 14.1. The summed E-state index contributed by atoms with van der Waals surface area (Å²) in [4.78, 5) is 22.5. The number of aliphatic hydroxyl groups is 2. The summed E-state index contributed by atoms with van der Waals surface area (Å²) in [6.07, 6.45) is 31.4. The first kappa shape index (κ1) is 44.9. The number of hydrogen-bond acceptors (Lipinski definition) is 7. The lowest BCUT2D eigenvalue weighted by molar-refractivity contribution is -0.124. The molecule has 0 aromatic heterocycles. The Morgan fingerprint density at radius 1 is 0.739 bits per heavy atom. The molecular weight excluding hydrogens is 603 g/mol. The summed E-state index contributed by atoms with van der Waals surface area (Å²) in [5, 5.41) is 23.8. The summed E-state index contributed by atoms with van der Waals surface area (Å²) in [5.41, 5.74) is 5.33. The molecule has 0 rings (SSSR count). The normalized spacial score (nSPS) is 15.3. The zero-order valence-corrected chi connectivity index (χ0v) is 30.3. The number of carbonyl (C=O) groups excluding carboxylic acids is 1. The van der Waals surface area contributed by atoms with Gasteiger partial charge >= 0.3 is 7.82 Å². The van der Waals surface area contributed by atoms with E-state index in [4.69, 9.17) is 14.8 Å². The van der Waals surface area contributed by atoms with Gasteiger partial charge in [0.05, 0.1) is 37.9 Å². The van der Waals surface area contributed by atoms with Crippen LogP contribution in [0.1, 0.15) is 162 Å². The molecule has 0 heterocycles. The van der Waals surface area contributed by atoms with Gasteiger partial charge in [0.1, 0.15) is 0 Å². The molecule has 0 aliphatic heterocycles. The third kappa shape index (κ3) is 30.3. The van der Waals surface area contributed by atoms with Gasteiger partial charge in [0.2, 0.25) is 5.91 Å². The van der Waals surface area contributed by atoms with E-state index in [0.717, 1.165) is 32.1 Å². The first-order chi connectivity index (χ1) is 22.3. The number of unbranched alkanes of at least 4 members (excludes halogenated alkanes) is 18. The highest BCUT2D eigenvalue weighted by atomic mass is 31.2. The molecule has 0 aliphatic carbocycles. The molecule has 0 aromatic carbocycles. The highest BCUT2D eigenvalue weighted by Gasteiger charge is 2.27. The molecule has 0 bridgehead atoms. The van der Waals surface area contributed by atoms with Crippen LogP contribution in [0.2, 0.25) is 0 Å². The first-order valence-electron chi connectivity index (χ1n) is 18.5. The quantitative estimate of drug-likeness (QED) is 0.0259. The minimum atomic E-state index is -4.39. The van der Waals surface area contributed by atoms with Crippen molar-refractivity contribution >= 4 is 13.7 Å². The Bertz CT molecular complexity index is 796. The zero-order valence-electron chi connectivity index (χ0n) is 29.4. The summed E-state index contributed by atoms with van der Waals surface area (Å²) < 4.78 is 21.9. The second kappa shape index (κ2) is 32.5. The van der Waals surface area contributed by atoms with Crippen LogP contribution in [0, 0.1) is 0 Å². The molecule has 0 radical (unpaired) electrons. The van der Waals surface area contributed by atoms with Crippen LogP contribution in [-0.2, 0) is 18.4 Å². The predicted octanol–water partition coefficient (Wildman–Crippen LogP) is 8.41. The van der Waals surface area contributed by atoms with Gasteiger partial charge in [0.15, 0.2) is 0 Å². The van der Waals surface area contributed by atoms with Gasteiger partial charge in [-0.05, 0) is 32.1 Å². The maximum Gasteiger partial charge on any atom is 0.472 e. The van der Waals surface area contributed by atoms with E-state index in [0.29, 0.717) is 12.8 Å². The number of rotatable bonds is 34. The van der Waals surface area contributed by atoms with Crippen LogP contribution < -0.4 is 11.1 Å². The molecule has 0 aliphatic rings. The van der Waals surface area contributed by atoms with Crippen molar-refractivity contribution in [3.63, 3.8) is 0 Å². The monoisotopic (exact) mass is 674 g/mol. The standard InChI is InChI=1S/C36H71N2O7P/c1-3-5-7-9-11-12-13-14-15-16-17-18-19-20-22-24-26-28-35(40)34(32-45-46(42,43)44-30-29-37)38-36(41)31-33(39)27-25-23-21-10-8-6-4-2/h19-20,26,28,33-35,39-40H,3-18,21-25,27,29-32,37H2,1-2H3,(H,38,41)(H,42,43)/b20-19+,28-26+. The van der Waals surface area contributed by atoms with Gasteiger partial charge in [0, 0.05) is 6.54 Å². The van der Waals surface area contributed by atoms with Crippen LogP contribution in [0.4, 0.5) is 0 Å². The Morgan fingerprint density at radius 2 is 1.24 bits per heavy atom. The summed E-state index contributed by atoms with van der Waals surface area (Å²) in [5.74, 6) is -0.461. The van der Waals surface area contributed by atoms with Crippen molar-refractivity contribution < 1.29 is 33.5 Å². The largest absolute Gasteiger partial charge is 0.472 e. The Kier molecular flexibility index (Phi) is 31.7. The fraction of sp³-hybridized carbons (Fsp3) is 0.861. The van der Waals surface area contributed by atoms with Crippen molar-refractivity contribution in [3.05, 3.63) is 24.3 Å². The Labute approximate surface area is 281 Å². The minimum absolute atomic E-state index is 0.0455. The predicted molar refractivity (Wildman–Crippen MR) is 191 cm³/mol. The van der Waals surface area contributed by atoms with E-state index >= 15 is 0 Å². The fourth-order valence-corrected chi connectivity index (χ4v) is 6.01. The number of amides is 1. The maximum atomic E-state index is 12.7. The summed E-state index contributed by atoms with van der Waals surface area (Å²) in [6.45, 7) is 3.88. The molecular formula is C36H71N2O7P. The molecule has 9 nitrogen and oxygen atoms in total. The van der Waals surface area contributed by atoms with Gasteiger partial charge in [0.25, 0.3) is 0 Å². The van der Waals surface area contributed by atoms with E-state index in [9.17, 15) is 24.5 Å². The Morgan fingerprint density at radius 3 is 1.80 bits per heavy atom. The summed E-state index contributed by atoms with van der Waals surface area (Å²) in [7, 11) is -4.39. The molecule has 10 heteroatoms. The van der Waals surface area contributed by atoms with Crippen LogP contribution in [0.15, 0.2) is 24.3 Å². The summed E-state index contributed by atoms with van der Waals surface area (Å²) in [6, 6.07) is -0.993. The van der Waals surface area contributed by atoms with Crippen molar-refractivity contribution in [1.29, 1.82) is 0 Å². The minimum Gasteiger partial charge on any atom is -0.393 e. The van der Waals surface area contributed by atoms with Crippen molar-refractivity contribution in [1.82, 2.24) is 5.32 Å². The molecule has 0 aromatic rings. The maximum absolute atomic E-state index is 12.7. The molecule has 4 atom stereocenters. The van der Waals surface area contributed by atoms with Crippen LogP contribution in [-0.4, -0.2) is 59.0 Å². The number of allylic oxidation sites excluding steroid dienone is 3. The van der Waals surface area contributed by atoms with E-state index in [2.05, 4.69) is 31.3 Å². The third-order valence-corrected chi connectivity index (χ3v) is 9.07. The molecule has 0 saturated carbocycles. The average molecular weight is 675 g/mol. The molecule has 0 saturated heterocycles. The number of nitrogens with two attached hydrogens (primary N) is 1. The summed E-state index contributed by atoms with van der Waals surface area (Å²) >= 11 is 0. The molecule has 4 unspecified atom stereocenters. The van der Waals surface area contributed by atoms with Crippen molar-refractivity contribution in [2.75, 3.05) is 19.8 Å².